The van der Waals surface area contributed by atoms with Crippen molar-refractivity contribution < 1.29 is 19.4 Å². The van der Waals surface area contributed by atoms with Crippen molar-refractivity contribution in [2.75, 3.05) is 13.2 Å². The summed E-state index contributed by atoms with van der Waals surface area (Å²) in [5.41, 5.74) is 1.30. The first kappa shape index (κ1) is 12.4. The van der Waals surface area contributed by atoms with E-state index in [0.717, 1.165) is 5.56 Å². The van der Waals surface area contributed by atoms with Gasteiger partial charge in [-0.15, -0.1) is 0 Å². The van der Waals surface area contributed by atoms with Crippen LogP contribution >= 0.6 is 0 Å². The van der Waals surface area contributed by atoms with E-state index in [9.17, 15) is 4.79 Å². The molecule has 2 rings (SSSR count). The molecule has 94 valence electrons. The summed E-state index contributed by atoms with van der Waals surface area (Å²) in [6.45, 7) is 1.12. The van der Waals surface area contributed by atoms with E-state index in [1.165, 1.54) is 0 Å². The molecule has 1 aromatic carbocycles. The molecule has 0 unspecified atom stereocenters. The lowest BCUT2D eigenvalue weighted by Gasteiger charge is -2.08. The number of aryl methyl sites for hydroxylation is 1. The largest absolute Gasteiger partial charge is 0.489 e. The van der Waals surface area contributed by atoms with E-state index in [1.54, 1.807) is 18.2 Å². The molecule has 1 N–H and O–H groups in total. The van der Waals surface area contributed by atoms with Crippen molar-refractivity contribution in [3.05, 3.63) is 29.3 Å². The van der Waals surface area contributed by atoms with Crippen LogP contribution in [0, 0.1) is 11.3 Å². The number of rotatable bonds is 6. The Kier molecular flexibility index (Phi) is 3.80. The lowest BCUT2D eigenvalue weighted by Crippen LogP contribution is -2.06. The van der Waals surface area contributed by atoms with Crippen molar-refractivity contribution in [1.82, 2.24) is 0 Å². The summed E-state index contributed by atoms with van der Waals surface area (Å²) in [6.07, 6.45) is 0.619. The molecule has 1 atom stereocenters. The number of ether oxygens (including phenoxy) is 2. The molecule has 1 aliphatic rings. The van der Waals surface area contributed by atoms with Crippen molar-refractivity contribution in [1.29, 1.82) is 5.26 Å². The van der Waals surface area contributed by atoms with Crippen LogP contribution in [0.3, 0.4) is 0 Å². The third-order valence-electron chi connectivity index (χ3n) is 2.62. The van der Waals surface area contributed by atoms with Crippen LogP contribution in [0.25, 0.3) is 0 Å². The van der Waals surface area contributed by atoms with Gasteiger partial charge in [-0.2, -0.15) is 5.26 Å². The SMILES string of the molecule is N#Cc1ccc(CCC(=O)O)cc1OC[C@H]1CO1. The number of aliphatic carboxylic acids is 1. The van der Waals surface area contributed by atoms with Crippen molar-refractivity contribution >= 4 is 5.97 Å². The van der Waals surface area contributed by atoms with Gasteiger partial charge in [0.25, 0.3) is 0 Å². The first-order valence-corrected chi connectivity index (χ1v) is 5.68. The van der Waals surface area contributed by atoms with Gasteiger partial charge in [0.05, 0.1) is 12.2 Å². The topological polar surface area (TPSA) is 82.9 Å². The normalized spacial score (nSPS) is 16.9. The average molecular weight is 247 g/mol. The van der Waals surface area contributed by atoms with Gasteiger partial charge in [-0.1, -0.05) is 6.07 Å². The molecule has 0 radical (unpaired) electrons. The maximum atomic E-state index is 10.5. The summed E-state index contributed by atoms with van der Waals surface area (Å²) in [7, 11) is 0. The van der Waals surface area contributed by atoms with Crippen LogP contribution in [0.1, 0.15) is 17.5 Å². The fraction of sp³-hybridized carbons (Fsp3) is 0.385. The number of nitrogens with zero attached hydrogens (tertiary/aromatic N) is 1. The second kappa shape index (κ2) is 5.52. The van der Waals surface area contributed by atoms with E-state index >= 15 is 0 Å². The van der Waals surface area contributed by atoms with Crippen LogP contribution in [0.15, 0.2) is 18.2 Å². The van der Waals surface area contributed by atoms with Crippen LogP contribution in [-0.4, -0.2) is 30.4 Å². The molecule has 5 heteroatoms. The molecule has 0 aliphatic carbocycles. The van der Waals surface area contributed by atoms with Gasteiger partial charge in [-0.25, -0.2) is 0 Å². The zero-order valence-electron chi connectivity index (χ0n) is 9.76. The van der Waals surface area contributed by atoms with Crippen LogP contribution in [0.4, 0.5) is 0 Å². The summed E-state index contributed by atoms with van der Waals surface area (Å²) in [4.78, 5) is 10.5. The summed E-state index contributed by atoms with van der Waals surface area (Å²) >= 11 is 0. The second-order valence-corrected chi connectivity index (χ2v) is 4.10. The van der Waals surface area contributed by atoms with Gasteiger partial charge in [-0.3, -0.25) is 4.79 Å². The molecule has 0 saturated carbocycles. The van der Waals surface area contributed by atoms with Gasteiger partial charge < -0.3 is 14.6 Å². The van der Waals surface area contributed by atoms with Gasteiger partial charge in [-0.05, 0) is 24.1 Å². The molecule has 1 aliphatic heterocycles. The lowest BCUT2D eigenvalue weighted by molar-refractivity contribution is -0.136. The molecule has 0 amide bonds. The highest BCUT2D eigenvalue weighted by molar-refractivity contribution is 5.67. The van der Waals surface area contributed by atoms with E-state index in [-0.39, 0.29) is 12.5 Å². The van der Waals surface area contributed by atoms with Crippen LogP contribution in [0.5, 0.6) is 5.75 Å². The smallest absolute Gasteiger partial charge is 0.303 e. The van der Waals surface area contributed by atoms with E-state index in [4.69, 9.17) is 19.8 Å². The fourth-order valence-electron chi connectivity index (χ4n) is 1.53. The number of hydrogen-bond donors (Lipinski definition) is 1. The van der Waals surface area contributed by atoms with Crippen molar-refractivity contribution in [3.63, 3.8) is 0 Å². The molecule has 1 aromatic rings. The molecule has 1 fully saturated rings. The molecular formula is C13H13NO4. The number of carbonyl (C=O) groups is 1. The zero-order chi connectivity index (χ0) is 13.0. The van der Waals surface area contributed by atoms with E-state index in [1.807, 2.05) is 6.07 Å². The standard InChI is InChI=1S/C13H13NO4/c14-6-10-3-1-9(2-4-13(15)16)5-12(10)18-8-11-7-17-11/h1,3,5,11H,2,4,7-8H2,(H,15,16)/t11-/m1/s1. The Morgan fingerprint density at radius 3 is 3.00 bits per heavy atom. The predicted octanol–water partition coefficient (Wildman–Crippen LogP) is 1.35. The molecule has 18 heavy (non-hydrogen) atoms. The van der Waals surface area contributed by atoms with Gasteiger partial charge in [0.2, 0.25) is 0 Å². The highest BCUT2D eigenvalue weighted by Crippen LogP contribution is 2.22. The fourth-order valence-corrected chi connectivity index (χ4v) is 1.53. The predicted molar refractivity (Wildman–Crippen MR) is 62.3 cm³/mol. The minimum atomic E-state index is -0.840. The third kappa shape index (κ3) is 3.47. The van der Waals surface area contributed by atoms with E-state index in [2.05, 4.69) is 0 Å². The number of nitriles is 1. The number of hydrogen-bond acceptors (Lipinski definition) is 4. The highest BCUT2D eigenvalue weighted by Gasteiger charge is 2.23. The monoisotopic (exact) mass is 247 g/mol. The molecule has 0 aromatic heterocycles. The third-order valence-corrected chi connectivity index (χ3v) is 2.62. The highest BCUT2D eigenvalue weighted by atomic mass is 16.6. The summed E-state index contributed by atoms with van der Waals surface area (Å²) in [6, 6.07) is 7.18. The van der Waals surface area contributed by atoms with Gasteiger partial charge in [0, 0.05) is 6.42 Å². The molecular weight excluding hydrogens is 234 g/mol. The quantitative estimate of drug-likeness (QED) is 0.767. The van der Waals surface area contributed by atoms with Crippen molar-refractivity contribution in [3.8, 4) is 11.8 Å². The Labute approximate surface area is 105 Å². The molecule has 5 nitrogen and oxygen atoms in total. The Morgan fingerprint density at radius 2 is 2.39 bits per heavy atom. The zero-order valence-corrected chi connectivity index (χ0v) is 9.76. The lowest BCUT2D eigenvalue weighted by atomic mass is 10.1. The average Bonchev–Trinajstić information content (AvgIpc) is 3.18. The Morgan fingerprint density at radius 1 is 1.61 bits per heavy atom. The van der Waals surface area contributed by atoms with Crippen LogP contribution in [0.2, 0.25) is 0 Å². The Hall–Kier alpha value is -2.06. The van der Waals surface area contributed by atoms with Crippen molar-refractivity contribution in [2.24, 2.45) is 0 Å². The number of epoxide rings is 1. The molecule has 1 saturated heterocycles. The van der Waals surface area contributed by atoms with Gasteiger partial charge >= 0.3 is 5.97 Å². The summed E-state index contributed by atoms with van der Waals surface area (Å²) in [5, 5.41) is 17.6. The maximum absolute atomic E-state index is 10.5. The summed E-state index contributed by atoms with van der Waals surface area (Å²) in [5.74, 6) is -0.343. The Bertz CT molecular complexity index is 488. The summed E-state index contributed by atoms with van der Waals surface area (Å²) < 4.78 is 10.5. The Balaban J connectivity index is 2.05. The number of benzene rings is 1. The van der Waals surface area contributed by atoms with E-state index < -0.39 is 5.97 Å². The molecule has 0 spiro atoms. The number of carboxylic acid groups (broad SMARTS) is 1. The minimum Gasteiger partial charge on any atom is -0.489 e. The second-order valence-electron chi connectivity index (χ2n) is 4.10. The molecule has 1 heterocycles. The van der Waals surface area contributed by atoms with Crippen LogP contribution < -0.4 is 4.74 Å². The maximum Gasteiger partial charge on any atom is 0.303 e. The van der Waals surface area contributed by atoms with E-state index in [0.29, 0.717) is 30.9 Å². The van der Waals surface area contributed by atoms with Crippen LogP contribution in [-0.2, 0) is 16.0 Å². The van der Waals surface area contributed by atoms with Gasteiger partial charge in [0.1, 0.15) is 24.5 Å². The minimum absolute atomic E-state index is 0.0665. The first-order chi connectivity index (χ1) is 8.69. The number of carboxylic acids is 1. The van der Waals surface area contributed by atoms with Gasteiger partial charge in [0.15, 0.2) is 0 Å². The first-order valence-electron chi connectivity index (χ1n) is 5.68. The molecule has 0 bridgehead atoms. The van der Waals surface area contributed by atoms with Crippen molar-refractivity contribution in [2.45, 2.75) is 18.9 Å².